The van der Waals surface area contributed by atoms with Crippen molar-refractivity contribution in [2.24, 2.45) is 5.73 Å². The molecule has 1 aliphatic heterocycles. The number of pyridine rings is 1. The monoisotopic (exact) mass is 421 g/mol. The van der Waals surface area contributed by atoms with E-state index in [1.165, 1.54) is 4.90 Å². The van der Waals surface area contributed by atoms with Gasteiger partial charge >= 0.3 is 6.18 Å². The van der Waals surface area contributed by atoms with E-state index in [2.05, 4.69) is 10.2 Å². The maximum atomic E-state index is 13.0. The summed E-state index contributed by atoms with van der Waals surface area (Å²) in [5.41, 5.74) is 4.46. The van der Waals surface area contributed by atoms with Crippen LogP contribution in [0.2, 0.25) is 5.02 Å². The van der Waals surface area contributed by atoms with Crippen molar-refractivity contribution in [1.29, 1.82) is 0 Å². The predicted molar refractivity (Wildman–Crippen MR) is 92.3 cm³/mol. The normalized spacial score (nSPS) is 18.1. The number of amides is 2. The van der Waals surface area contributed by atoms with Crippen molar-refractivity contribution in [2.75, 3.05) is 12.3 Å². The number of piperidine rings is 1. The first-order chi connectivity index (χ1) is 12.7. The number of primary amides is 1. The first-order valence-electron chi connectivity index (χ1n) is 8.01. The molecule has 12 heteroatoms. The highest BCUT2D eigenvalue weighted by molar-refractivity contribution is 7.99. The van der Waals surface area contributed by atoms with Crippen LogP contribution in [0.15, 0.2) is 17.4 Å². The molecule has 7 nitrogen and oxygen atoms in total. The molecular weight excluding hydrogens is 407 g/mol. The molecule has 2 aromatic heterocycles. The number of nitrogens with zero attached hydrogens (tertiary/aromatic N) is 4. The quantitative estimate of drug-likeness (QED) is 0.765. The number of halogens is 4. The molecule has 0 aliphatic carbocycles. The minimum Gasteiger partial charge on any atom is -0.368 e. The summed E-state index contributed by atoms with van der Waals surface area (Å²) in [6, 6.07) is 0.115. The largest absolute Gasteiger partial charge is 0.417 e. The topological polar surface area (TPSA) is 93.6 Å². The molecule has 2 amide bonds. The van der Waals surface area contributed by atoms with E-state index >= 15 is 0 Å². The van der Waals surface area contributed by atoms with Gasteiger partial charge in [-0.05, 0) is 25.3 Å². The third-order valence-electron chi connectivity index (χ3n) is 4.23. The third kappa shape index (κ3) is 4.13. The molecule has 146 valence electrons. The van der Waals surface area contributed by atoms with Gasteiger partial charge in [0.15, 0.2) is 10.8 Å². The van der Waals surface area contributed by atoms with Crippen LogP contribution in [0.3, 0.4) is 0 Å². The van der Waals surface area contributed by atoms with Crippen LogP contribution in [-0.2, 0) is 15.8 Å². The average molecular weight is 422 g/mol. The lowest BCUT2D eigenvalue weighted by Crippen LogP contribution is -2.51. The predicted octanol–water partition coefficient (Wildman–Crippen LogP) is 2.36. The van der Waals surface area contributed by atoms with Crippen molar-refractivity contribution in [3.63, 3.8) is 0 Å². The molecule has 2 aromatic rings. The number of carbonyl (C=O) groups is 2. The number of alkyl halides is 3. The Morgan fingerprint density at radius 1 is 1.33 bits per heavy atom. The second-order valence-electron chi connectivity index (χ2n) is 6.04. The molecule has 3 heterocycles. The van der Waals surface area contributed by atoms with Crippen molar-refractivity contribution in [1.82, 2.24) is 19.5 Å². The highest BCUT2D eigenvalue weighted by Crippen LogP contribution is 2.33. The van der Waals surface area contributed by atoms with E-state index in [1.54, 1.807) is 0 Å². The van der Waals surface area contributed by atoms with Crippen molar-refractivity contribution in [3.8, 4) is 0 Å². The zero-order valence-corrected chi connectivity index (χ0v) is 15.4. The number of nitrogens with two attached hydrogens (primary N) is 1. The molecular formula is C15H15ClF3N5O2S. The standard InChI is InChI=1S/C15H15ClF3N5O2S/c16-9-5-8(15(17,18)19)6-24-13(9)21-22-14(24)27-7-11(25)23-4-2-1-3-10(23)12(20)26/h5-6,10H,1-4,7H2,(H2,20,26). The number of hydrogen-bond acceptors (Lipinski definition) is 5. The summed E-state index contributed by atoms with van der Waals surface area (Å²) in [7, 11) is 0. The Hall–Kier alpha value is -2.01. The molecule has 0 bridgehead atoms. The molecule has 1 fully saturated rings. The highest BCUT2D eigenvalue weighted by Gasteiger charge is 2.33. The van der Waals surface area contributed by atoms with Crippen LogP contribution in [0.25, 0.3) is 5.65 Å². The minimum atomic E-state index is -4.58. The molecule has 1 aliphatic rings. The minimum absolute atomic E-state index is 0.0626. The van der Waals surface area contributed by atoms with Crippen LogP contribution < -0.4 is 5.73 Å². The Morgan fingerprint density at radius 2 is 2.07 bits per heavy atom. The van der Waals surface area contributed by atoms with Crippen LogP contribution in [0.5, 0.6) is 0 Å². The second kappa shape index (κ2) is 7.55. The molecule has 2 N–H and O–H groups in total. The number of aromatic nitrogens is 3. The summed E-state index contributed by atoms with van der Waals surface area (Å²) >= 11 is 6.78. The smallest absolute Gasteiger partial charge is 0.368 e. The van der Waals surface area contributed by atoms with E-state index < -0.39 is 23.7 Å². The third-order valence-corrected chi connectivity index (χ3v) is 5.44. The number of fused-ring (bicyclic) bond motifs is 1. The number of hydrogen-bond donors (Lipinski definition) is 1. The van der Waals surface area contributed by atoms with Crippen LogP contribution in [0, 0.1) is 0 Å². The van der Waals surface area contributed by atoms with Gasteiger partial charge in [-0.25, -0.2) is 0 Å². The van der Waals surface area contributed by atoms with Crippen molar-refractivity contribution in [3.05, 3.63) is 22.8 Å². The van der Waals surface area contributed by atoms with Gasteiger partial charge in [0, 0.05) is 12.7 Å². The van der Waals surface area contributed by atoms with Crippen LogP contribution >= 0.6 is 23.4 Å². The van der Waals surface area contributed by atoms with Gasteiger partial charge in [0.05, 0.1) is 16.3 Å². The van der Waals surface area contributed by atoms with Crippen LogP contribution in [0.1, 0.15) is 24.8 Å². The Morgan fingerprint density at radius 3 is 2.74 bits per heavy atom. The summed E-state index contributed by atoms with van der Waals surface area (Å²) in [5, 5.41) is 7.48. The van der Waals surface area contributed by atoms with Gasteiger partial charge in [-0.15, -0.1) is 10.2 Å². The number of thioether (sulfide) groups is 1. The first kappa shape index (κ1) is 19.7. The maximum Gasteiger partial charge on any atom is 0.417 e. The van der Waals surface area contributed by atoms with Gasteiger partial charge in [0.25, 0.3) is 0 Å². The van der Waals surface area contributed by atoms with E-state index in [4.69, 9.17) is 17.3 Å². The molecule has 1 unspecified atom stereocenters. The summed E-state index contributed by atoms with van der Waals surface area (Å²) in [5.74, 6) is -1.01. The van der Waals surface area contributed by atoms with Gasteiger partial charge in [-0.2, -0.15) is 13.2 Å². The fourth-order valence-electron chi connectivity index (χ4n) is 2.92. The van der Waals surface area contributed by atoms with E-state index in [9.17, 15) is 22.8 Å². The van der Waals surface area contributed by atoms with Crippen LogP contribution in [-0.4, -0.2) is 49.7 Å². The highest BCUT2D eigenvalue weighted by atomic mass is 35.5. The molecule has 1 saturated heterocycles. The van der Waals surface area contributed by atoms with E-state index in [0.29, 0.717) is 13.0 Å². The molecule has 1 atom stereocenters. The van der Waals surface area contributed by atoms with Gasteiger partial charge in [0.2, 0.25) is 11.8 Å². The Bertz CT molecular complexity index is 888. The van der Waals surface area contributed by atoms with Crippen molar-refractivity contribution in [2.45, 2.75) is 36.6 Å². The van der Waals surface area contributed by atoms with Gasteiger partial charge in [-0.3, -0.25) is 14.0 Å². The molecule has 0 saturated carbocycles. The summed E-state index contributed by atoms with van der Waals surface area (Å²) in [6.07, 6.45) is -1.68. The van der Waals surface area contributed by atoms with Crippen LogP contribution in [0.4, 0.5) is 13.2 Å². The fraction of sp³-hybridized carbons (Fsp3) is 0.467. The van der Waals surface area contributed by atoms with E-state index in [-0.39, 0.29) is 27.5 Å². The molecule has 27 heavy (non-hydrogen) atoms. The fourth-order valence-corrected chi connectivity index (χ4v) is 3.96. The summed E-state index contributed by atoms with van der Waals surface area (Å²) in [4.78, 5) is 25.4. The summed E-state index contributed by atoms with van der Waals surface area (Å²) < 4.78 is 40.1. The molecule has 0 aromatic carbocycles. The lowest BCUT2D eigenvalue weighted by Gasteiger charge is -2.33. The molecule has 3 rings (SSSR count). The second-order valence-corrected chi connectivity index (χ2v) is 7.39. The Kier molecular flexibility index (Phi) is 5.52. The van der Waals surface area contributed by atoms with Crippen molar-refractivity contribution < 1.29 is 22.8 Å². The number of likely N-dealkylation sites (tertiary alicyclic amines) is 1. The lowest BCUT2D eigenvalue weighted by atomic mass is 10.0. The van der Waals surface area contributed by atoms with E-state index in [0.717, 1.165) is 41.3 Å². The number of carbonyl (C=O) groups excluding carboxylic acids is 2. The summed E-state index contributed by atoms with van der Waals surface area (Å²) in [6.45, 7) is 0.414. The zero-order valence-electron chi connectivity index (χ0n) is 13.9. The average Bonchev–Trinajstić information content (AvgIpc) is 3.02. The van der Waals surface area contributed by atoms with Crippen molar-refractivity contribution >= 4 is 40.8 Å². The van der Waals surface area contributed by atoms with Gasteiger partial charge in [0.1, 0.15) is 6.04 Å². The molecule has 0 spiro atoms. The zero-order chi connectivity index (χ0) is 19.8. The number of rotatable bonds is 4. The van der Waals surface area contributed by atoms with Gasteiger partial charge in [-0.1, -0.05) is 23.4 Å². The van der Waals surface area contributed by atoms with E-state index in [1.807, 2.05) is 0 Å². The maximum absolute atomic E-state index is 13.0. The Labute approximate surface area is 161 Å². The lowest BCUT2D eigenvalue weighted by molar-refractivity contribution is -0.139. The Balaban J connectivity index is 1.79. The SMILES string of the molecule is NC(=O)C1CCCCN1C(=O)CSc1nnc2c(Cl)cc(C(F)(F)F)cn12. The van der Waals surface area contributed by atoms with Gasteiger partial charge < -0.3 is 10.6 Å². The first-order valence-corrected chi connectivity index (χ1v) is 9.38. The molecule has 0 radical (unpaired) electrons.